The minimum atomic E-state index is -0.416. The highest BCUT2D eigenvalue weighted by Gasteiger charge is 2.37. The van der Waals surface area contributed by atoms with Crippen LogP contribution in [0.4, 0.5) is 5.69 Å². The van der Waals surface area contributed by atoms with Crippen LogP contribution in [0.3, 0.4) is 0 Å². The average molecular weight is 424 g/mol. The number of anilines is 1. The maximum absolute atomic E-state index is 13.3. The Bertz CT molecular complexity index is 1040. The zero-order valence-corrected chi connectivity index (χ0v) is 18.3. The van der Waals surface area contributed by atoms with E-state index in [-0.39, 0.29) is 11.9 Å². The summed E-state index contributed by atoms with van der Waals surface area (Å²) < 4.78 is 7.17. The molecule has 1 amide bonds. The molecule has 2 N–H and O–H groups in total. The molecule has 0 spiro atoms. The molecular weight excluding hydrogens is 398 g/mol. The SMILES string of the molecule is CCc1nnc2n1NC(c1ccc(OC)cc1)C(C(=O)Nc1cc(C)cc(C)c1)S2. The van der Waals surface area contributed by atoms with Gasteiger partial charge in [0.2, 0.25) is 11.1 Å². The third kappa shape index (κ3) is 4.00. The summed E-state index contributed by atoms with van der Waals surface area (Å²) >= 11 is 1.43. The van der Waals surface area contributed by atoms with Crippen LogP contribution in [-0.2, 0) is 11.2 Å². The molecule has 4 rings (SSSR count). The van der Waals surface area contributed by atoms with Gasteiger partial charge in [-0.3, -0.25) is 4.79 Å². The van der Waals surface area contributed by atoms with Crippen LogP contribution < -0.4 is 15.5 Å². The van der Waals surface area contributed by atoms with Gasteiger partial charge in [0.05, 0.1) is 13.2 Å². The van der Waals surface area contributed by atoms with E-state index in [4.69, 9.17) is 4.74 Å². The summed E-state index contributed by atoms with van der Waals surface area (Å²) in [5, 5.41) is 11.9. The van der Waals surface area contributed by atoms with Crippen LogP contribution >= 0.6 is 11.8 Å². The molecule has 0 radical (unpaired) electrons. The average Bonchev–Trinajstić information content (AvgIpc) is 3.14. The minimum absolute atomic E-state index is 0.0781. The predicted molar refractivity (Wildman–Crippen MR) is 119 cm³/mol. The molecule has 1 aromatic heterocycles. The third-order valence-electron chi connectivity index (χ3n) is 5.04. The Hall–Kier alpha value is -3.00. The highest BCUT2D eigenvalue weighted by Crippen LogP contribution is 2.38. The van der Waals surface area contributed by atoms with Crippen molar-refractivity contribution in [3.63, 3.8) is 0 Å². The molecule has 3 aromatic rings. The lowest BCUT2D eigenvalue weighted by atomic mass is 10.0. The quantitative estimate of drug-likeness (QED) is 0.649. The molecule has 0 fully saturated rings. The van der Waals surface area contributed by atoms with Gasteiger partial charge in [-0.2, -0.15) is 0 Å². The first kappa shape index (κ1) is 20.3. The van der Waals surface area contributed by atoms with Gasteiger partial charge in [0.25, 0.3) is 0 Å². The lowest BCUT2D eigenvalue weighted by molar-refractivity contribution is -0.116. The van der Waals surface area contributed by atoms with Crippen LogP contribution in [0.5, 0.6) is 5.75 Å². The number of ether oxygens (including phenoxy) is 1. The molecule has 2 atom stereocenters. The van der Waals surface area contributed by atoms with E-state index in [2.05, 4.69) is 27.0 Å². The van der Waals surface area contributed by atoms with Crippen LogP contribution in [0.2, 0.25) is 0 Å². The molecule has 2 aromatic carbocycles. The zero-order valence-electron chi connectivity index (χ0n) is 17.5. The second-order valence-electron chi connectivity index (χ2n) is 7.37. The van der Waals surface area contributed by atoms with Gasteiger partial charge in [0.15, 0.2) is 5.82 Å². The first-order valence-corrected chi connectivity index (χ1v) is 10.8. The van der Waals surface area contributed by atoms with Crippen LogP contribution in [-0.4, -0.2) is 33.1 Å². The summed E-state index contributed by atoms with van der Waals surface area (Å²) in [6.07, 6.45) is 0.745. The summed E-state index contributed by atoms with van der Waals surface area (Å²) in [7, 11) is 1.64. The number of hydrogen-bond acceptors (Lipinski definition) is 6. The van der Waals surface area contributed by atoms with Crippen LogP contribution in [0, 0.1) is 13.8 Å². The van der Waals surface area contributed by atoms with Gasteiger partial charge in [0, 0.05) is 12.1 Å². The lowest BCUT2D eigenvalue weighted by Gasteiger charge is -2.33. The van der Waals surface area contributed by atoms with E-state index < -0.39 is 5.25 Å². The van der Waals surface area contributed by atoms with Crippen molar-refractivity contribution >= 4 is 23.4 Å². The van der Waals surface area contributed by atoms with Crippen molar-refractivity contribution in [3.05, 3.63) is 65.0 Å². The Balaban J connectivity index is 1.67. The standard InChI is InChI=1S/C22H25N5O2S/c1-5-18-24-25-22-27(18)26-19(15-6-8-17(29-4)9-7-15)20(30-22)21(28)23-16-11-13(2)10-14(3)12-16/h6-12,19-20,26H,5H2,1-4H3,(H,23,28). The first-order valence-electron chi connectivity index (χ1n) is 9.89. The number of aryl methyl sites for hydroxylation is 3. The van der Waals surface area contributed by atoms with Crippen molar-refractivity contribution in [1.82, 2.24) is 14.9 Å². The monoisotopic (exact) mass is 423 g/mol. The minimum Gasteiger partial charge on any atom is -0.497 e. The van der Waals surface area contributed by atoms with E-state index in [1.165, 1.54) is 11.8 Å². The van der Waals surface area contributed by atoms with E-state index in [0.29, 0.717) is 5.16 Å². The Morgan fingerprint density at radius 2 is 1.87 bits per heavy atom. The molecule has 30 heavy (non-hydrogen) atoms. The molecule has 8 heteroatoms. The highest BCUT2D eigenvalue weighted by atomic mass is 32.2. The Labute approximate surface area is 180 Å². The van der Waals surface area contributed by atoms with Crippen molar-refractivity contribution in [3.8, 4) is 5.75 Å². The molecule has 0 bridgehead atoms. The molecule has 156 valence electrons. The first-order chi connectivity index (χ1) is 14.5. The van der Waals surface area contributed by atoms with Gasteiger partial charge in [-0.1, -0.05) is 36.9 Å². The number of hydrogen-bond donors (Lipinski definition) is 2. The molecule has 7 nitrogen and oxygen atoms in total. The van der Waals surface area contributed by atoms with Crippen molar-refractivity contribution in [2.24, 2.45) is 0 Å². The predicted octanol–water partition coefficient (Wildman–Crippen LogP) is 3.86. The zero-order chi connectivity index (χ0) is 21.3. The number of thioether (sulfide) groups is 1. The maximum atomic E-state index is 13.3. The van der Waals surface area contributed by atoms with Gasteiger partial charge < -0.3 is 15.5 Å². The number of nitrogens with one attached hydrogen (secondary N) is 2. The molecule has 2 unspecified atom stereocenters. The van der Waals surface area contributed by atoms with E-state index in [1.807, 2.05) is 61.8 Å². The van der Waals surface area contributed by atoms with Crippen molar-refractivity contribution in [1.29, 1.82) is 0 Å². The Morgan fingerprint density at radius 1 is 1.17 bits per heavy atom. The fourth-order valence-corrected chi connectivity index (χ4v) is 4.75. The van der Waals surface area contributed by atoms with Crippen molar-refractivity contribution in [2.45, 2.75) is 43.6 Å². The van der Waals surface area contributed by atoms with Gasteiger partial charge in [0.1, 0.15) is 11.0 Å². The number of carbonyl (C=O) groups is 1. The molecule has 1 aliphatic heterocycles. The van der Waals surface area contributed by atoms with Gasteiger partial charge in [-0.25, -0.2) is 4.68 Å². The number of fused-ring (bicyclic) bond motifs is 1. The summed E-state index contributed by atoms with van der Waals surface area (Å²) in [6.45, 7) is 6.08. The van der Waals surface area contributed by atoms with Crippen LogP contribution in [0.15, 0.2) is 47.6 Å². The summed E-state index contributed by atoms with van der Waals surface area (Å²) in [6, 6.07) is 13.6. The van der Waals surface area contributed by atoms with Crippen LogP contribution in [0.1, 0.15) is 35.5 Å². The topological polar surface area (TPSA) is 81.1 Å². The maximum Gasteiger partial charge on any atom is 0.240 e. The summed E-state index contributed by atoms with van der Waals surface area (Å²) in [4.78, 5) is 13.3. The van der Waals surface area contributed by atoms with E-state index in [9.17, 15) is 4.79 Å². The van der Waals surface area contributed by atoms with Gasteiger partial charge >= 0.3 is 0 Å². The van der Waals surface area contributed by atoms with E-state index >= 15 is 0 Å². The summed E-state index contributed by atoms with van der Waals surface area (Å²) in [5.74, 6) is 1.53. The number of methoxy groups -OCH3 is 1. The van der Waals surface area contributed by atoms with Gasteiger partial charge in [-0.15, -0.1) is 10.2 Å². The summed E-state index contributed by atoms with van der Waals surface area (Å²) in [5.41, 5.74) is 7.47. The molecule has 2 heterocycles. The fourth-order valence-electron chi connectivity index (χ4n) is 3.65. The second-order valence-corrected chi connectivity index (χ2v) is 8.48. The fraction of sp³-hybridized carbons (Fsp3) is 0.318. The molecule has 0 saturated heterocycles. The number of nitrogens with zero attached hydrogens (tertiary/aromatic N) is 3. The largest absolute Gasteiger partial charge is 0.497 e. The van der Waals surface area contributed by atoms with Gasteiger partial charge in [-0.05, 0) is 54.8 Å². The lowest BCUT2D eigenvalue weighted by Crippen LogP contribution is -2.41. The van der Waals surface area contributed by atoms with Crippen LogP contribution in [0.25, 0.3) is 0 Å². The van der Waals surface area contributed by atoms with Crippen molar-refractivity contribution in [2.75, 3.05) is 17.9 Å². The molecular formula is C22H25N5O2S. The number of rotatable bonds is 5. The molecule has 1 aliphatic rings. The smallest absolute Gasteiger partial charge is 0.240 e. The van der Waals surface area contributed by atoms with E-state index in [1.54, 1.807) is 7.11 Å². The number of benzene rings is 2. The number of aromatic nitrogens is 3. The number of amides is 1. The highest BCUT2D eigenvalue weighted by molar-refractivity contribution is 8.00. The molecule has 0 aliphatic carbocycles. The Morgan fingerprint density at radius 3 is 2.50 bits per heavy atom. The number of carbonyl (C=O) groups excluding carboxylic acids is 1. The molecule has 0 saturated carbocycles. The third-order valence-corrected chi connectivity index (χ3v) is 6.26. The Kier molecular flexibility index (Phi) is 5.67. The van der Waals surface area contributed by atoms with E-state index in [0.717, 1.165) is 40.4 Å². The van der Waals surface area contributed by atoms with Crippen molar-refractivity contribution < 1.29 is 9.53 Å². The second kappa shape index (κ2) is 8.39. The normalized spacial score (nSPS) is 17.7.